The number of aryl methyl sites for hydroxylation is 1. The van der Waals surface area contributed by atoms with Crippen molar-refractivity contribution >= 4 is 5.95 Å². The van der Waals surface area contributed by atoms with E-state index in [-0.39, 0.29) is 5.54 Å². The first kappa shape index (κ1) is 11.0. The van der Waals surface area contributed by atoms with Crippen molar-refractivity contribution < 1.29 is 0 Å². The maximum absolute atomic E-state index is 5.78. The number of aromatic nitrogens is 2. The largest absolute Gasteiger partial charge is 0.349 e. The third kappa shape index (κ3) is 2.07. The second-order valence-electron chi connectivity index (χ2n) is 4.26. The van der Waals surface area contributed by atoms with Crippen LogP contribution in [0.5, 0.6) is 0 Å². The van der Waals surface area contributed by atoms with Crippen molar-refractivity contribution in [2.75, 3.05) is 11.9 Å². The van der Waals surface area contributed by atoms with Crippen molar-refractivity contribution in [2.45, 2.75) is 26.3 Å². The molecule has 0 fully saturated rings. The van der Waals surface area contributed by atoms with Crippen LogP contribution in [0.4, 0.5) is 5.95 Å². The van der Waals surface area contributed by atoms with Gasteiger partial charge in [0, 0.05) is 26.0 Å². The Kier molecular flexibility index (Phi) is 3.16. The Labute approximate surface area is 85.5 Å². The highest BCUT2D eigenvalue weighted by atomic mass is 15.2. The topological polar surface area (TPSA) is 55.9 Å². The lowest BCUT2D eigenvalue weighted by Crippen LogP contribution is -2.47. The SMILES string of the molecule is CC(C)C(C)(CN)Nc1nccn1C. The first-order chi connectivity index (χ1) is 6.49. The monoisotopic (exact) mass is 196 g/mol. The number of hydrogen-bond acceptors (Lipinski definition) is 3. The lowest BCUT2D eigenvalue weighted by molar-refractivity contribution is 0.379. The summed E-state index contributed by atoms with van der Waals surface area (Å²) in [5, 5.41) is 3.38. The molecule has 0 aromatic carbocycles. The van der Waals surface area contributed by atoms with Crippen molar-refractivity contribution in [3.8, 4) is 0 Å². The third-order valence-corrected chi connectivity index (χ3v) is 2.92. The highest BCUT2D eigenvalue weighted by molar-refractivity contribution is 5.30. The Morgan fingerprint density at radius 3 is 2.64 bits per heavy atom. The molecule has 0 bridgehead atoms. The van der Waals surface area contributed by atoms with Gasteiger partial charge in [0.1, 0.15) is 0 Å². The van der Waals surface area contributed by atoms with E-state index < -0.39 is 0 Å². The van der Waals surface area contributed by atoms with Crippen molar-refractivity contribution in [3.63, 3.8) is 0 Å². The van der Waals surface area contributed by atoms with E-state index in [1.807, 2.05) is 17.8 Å². The summed E-state index contributed by atoms with van der Waals surface area (Å²) >= 11 is 0. The van der Waals surface area contributed by atoms with Crippen LogP contribution in [0.15, 0.2) is 12.4 Å². The third-order valence-electron chi connectivity index (χ3n) is 2.92. The van der Waals surface area contributed by atoms with Gasteiger partial charge >= 0.3 is 0 Å². The smallest absolute Gasteiger partial charge is 0.202 e. The first-order valence-electron chi connectivity index (χ1n) is 4.95. The molecule has 4 heteroatoms. The van der Waals surface area contributed by atoms with E-state index in [0.717, 1.165) is 5.95 Å². The van der Waals surface area contributed by atoms with Gasteiger partial charge in [-0.2, -0.15) is 0 Å². The maximum atomic E-state index is 5.78. The molecule has 0 radical (unpaired) electrons. The van der Waals surface area contributed by atoms with E-state index in [1.165, 1.54) is 0 Å². The molecule has 0 aliphatic carbocycles. The highest BCUT2D eigenvalue weighted by Gasteiger charge is 2.27. The molecule has 1 heterocycles. The summed E-state index contributed by atoms with van der Waals surface area (Å²) in [7, 11) is 1.96. The van der Waals surface area contributed by atoms with Gasteiger partial charge in [0.25, 0.3) is 0 Å². The second kappa shape index (κ2) is 4.00. The molecule has 1 rings (SSSR count). The van der Waals surface area contributed by atoms with Gasteiger partial charge in [0.05, 0.1) is 5.54 Å². The summed E-state index contributed by atoms with van der Waals surface area (Å²) in [6.07, 6.45) is 3.69. The number of nitrogens with zero attached hydrogens (tertiary/aromatic N) is 2. The van der Waals surface area contributed by atoms with Crippen LogP contribution in [0.25, 0.3) is 0 Å². The summed E-state index contributed by atoms with van der Waals surface area (Å²) < 4.78 is 1.95. The number of nitrogens with one attached hydrogen (secondary N) is 1. The molecule has 0 amide bonds. The van der Waals surface area contributed by atoms with Crippen molar-refractivity contribution in [1.29, 1.82) is 0 Å². The van der Waals surface area contributed by atoms with Gasteiger partial charge in [-0.3, -0.25) is 0 Å². The van der Waals surface area contributed by atoms with Crippen LogP contribution in [0.2, 0.25) is 0 Å². The standard InChI is InChI=1S/C10H20N4/c1-8(2)10(3,7-11)13-9-12-5-6-14(9)4/h5-6,8H,7,11H2,1-4H3,(H,12,13). The molecule has 0 saturated carbocycles. The van der Waals surface area contributed by atoms with Crippen LogP contribution in [0.3, 0.4) is 0 Å². The molecule has 0 saturated heterocycles. The molecular formula is C10H20N4. The molecule has 1 aromatic rings. The lowest BCUT2D eigenvalue weighted by atomic mass is 9.89. The van der Waals surface area contributed by atoms with E-state index in [0.29, 0.717) is 12.5 Å². The molecule has 1 aromatic heterocycles. The summed E-state index contributed by atoms with van der Waals surface area (Å²) in [6, 6.07) is 0. The summed E-state index contributed by atoms with van der Waals surface area (Å²) in [4.78, 5) is 4.23. The fraction of sp³-hybridized carbons (Fsp3) is 0.700. The molecule has 0 aliphatic heterocycles. The second-order valence-corrected chi connectivity index (χ2v) is 4.26. The number of rotatable bonds is 4. The number of nitrogens with two attached hydrogens (primary N) is 1. The highest BCUT2D eigenvalue weighted by Crippen LogP contribution is 2.20. The maximum Gasteiger partial charge on any atom is 0.202 e. The van der Waals surface area contributed by atoms with Gasteiger partial charge in [-0.25, -0.2) is 4.98 Å². The number of imidazole rings is 1. The minimum atomic E-state index is -0.0981. The zero-order valence-corrected chi connectivity index (χ0v) is 9.41. The molecule has 14 heavy (non-hydrogen) atoms. The predicted octanol–water partition coefficient (Wildman–Crippen LogP) is 1.21. The summed E-state index contributed by atoms with van der Waals surface area (Å²) in [5.41, 5.74) is 5.68. The molecule has 0 spiro atoms. The van der Waals surface area contributed by atoms with Crippen LogP contribution >= 0.6 is 0 Å². The fourth-order valence-electron chi connectivity index (χ4n) is 1.17. The Hall–Kier alpha value is -1.03. The van der Waals surface area contributed by atoms with Crippen molar-refractivity contribution in [2.24, 2.45) is 18.7 Å². The summed E-state index contributed by atoms with van der Waals surface area (Å²) in [6.45, 7) is 7.02. The molecule has 1 unspecified atom stereocenters. The average Bonchev–Trinajstić information content (AvgIpc) is 2.51. The minimum absolute atomic E-state index is 0.0981. The number of hydrogen-bond donors (Lipinski definition) is 2. The van der Waals surface area contributed by atoms with Crippen molar-refractivity contribution in [3.05, 3.63) is 12.4 Å². The van der Waals surface area contributed by atoms with Crippen LogP contribution in [-0.4, -0.2) is 21.6 Å². The zero-order chi connectivity index (χ0) is 10.8. The molecule has 4 nitrogen and oxygen atoms in total. The Morgan fingerprint density at radius 2 is 2.29 bits per heavy atom. The normalized spacial score (nSPS) is 15.6. The Balaban J connectivity index is 2.80. The average molecular weight is 196 g/mol. The van der Waals surface area contributed by atoms with E-state index in [2.05, 4.69) is 31.1 Å². The molecule has 3 N–H and O–H groups in total. The molecule has 0 aliphatic rings. The van der Waals surface area contributed by atoms with Crippen LogP contribution < -0.4 is 11.1 Å². The van der Waals surface area contributed by atoms with Crippen LogP contribution in [-0.2, 0) is 7.05 Å². The predicted molar refractivity (Wildman–Crippen MR) is 59.1 cm³/mol. The first-order valence-corrected chi connectivity index (χ1v) is 4.95. The van der Waals surface area contributed by atoms with Crippen molar-refractivity contribution in [1.82, 2.24) is 9.55 Å². The van der Waals surface area contributed by atoms with Crippen LogP contribution in [0.1, 0.15) is 20.8 Å². The molecule has 80 valence electrons. The van der Waals surface area contributed by atoms with E-state index in [9.17, 15) is 0 Å². The van der Waals surface area contributed by atoms with Gasteiger partial charge in [-0.15, -0.1) is 0 Å². The number of anilines is 1. The van der Waals surface area contributed by atoms with Gasteiger partial charge in [0.15, 0.2) is 0 Å². The molecular weight excluding hydrogens is 176 g/mol. The Bertz CT molecular complexity index is 292. The van der Waals surface area contributed by atoms with Gasteiger partial charge in [0.2, 0.25) is 5.95 Å². The van der Waals surface area contributed by atoms with E-state index in [1.54, 1.807) is 6.20 Å². The molecule has 1 atom stereocenters. The minimum Gasteiger partial charge on any atom is -0.349 e. The Morgan fingerprint density at radius 1 is 1.64 bits per heavy atom. The lowest BCUT2D eigenvalue weighted by Gasteiger charge is -2.33. The quantitative estimate of drug-likeness (QED) is 0.761. The van der Waals surface area contributed by atoms with E-state index in [4.69, 9.17) is 5.73 Å². The summed E-state index contributed by atoms with van der Waals surface area (Å²) in [5.74, 6) is 1.33. The van der Waals surface area contributed by atoms with Crippen LogP contribution in [0, 0.1) is 5.92 Å². The van der Waals surface area contributed by atoms with E-state index >= 15 is 0 Å². The van der Waals surface area contributed by atoms with Gasteiger partial charge in [-0.1, -0.05) is 13.8 Å². The van der Waals surface area contributed by atoms with Gasteiger partial charge in [-0.05, 0) is 12.8 Å². The van der Waals surface area contributed by atoms with Gasteiger partial charge < -0.3 is 15.6 Å². The fourth-order valence-corrected chi connectivity index (χ4v) is 1.17. The zero-order valence-electron chi connectivity index (χ0n) is 9.41.